The average Bonchev–Trinajstić information content (AvgIpc) is 2.85. The fraction of sp³-hybridized carbons (Fsp3) is 0.786. The number of piperidine rings is 1. The number of aromatic nitrogens is 2. The number of rotatable bonds is 6. The van der Waals surface area contributed by atoms with Crippen LogP contribution in [0, 0.1) is 0 Å². The lowest BCUT2D eigenvalue weighted by Crippen LogP contribution is -2.45. The Labute approximate surface area is 110 Å². The fourth-order valence-corrected chi connectivity index (χ4v) is 2.72. The van der Waals surface area contributed by atoms with Gasteiger partial charge in [-0.15, -0.1) is 0 Å². The summed E-state index contributed by atoms with van der Waals surface area (Å²) in [6.07, 6.45) is 7.99. The molecule has 2 heterocycles. The zero-order chi connectivity index (χ0) is 12.8. The number of likely N-dealkylation sites (N-methyl/N-ethyl adjacent to an activating group) is 1. The van der Waals surface area contributed by atoms with Crippen LogP contribution in [0.15, 0.2) is 12.4 Å². The van der Waals surface area contributed by atoms with Gasteiger partial charge in [-0.05, 0) is 32.4 Å². The minimum Gasteiger partial charge on any atom is -0.315 e. The molecule has 0 aliphatic carbocycles. The van der Waals surface area contributed by atoms with E-state index >= 15 is 0 Å². The number of nitrogens with zero attached hydrogens (tertiary/aromatic N) is 3. The van der Waals surface area contributed by atoms with Gasteiger partial charge in [-0.3, -0.25) is 9.58 Å². The molecule has 1 unspecified atom stereocenters. The molecular weight excluding hydrogens is 224 g/mol. The second-order valence-electron chi connectivity index (χ2n) is 5.17. The molecule has 1 saturated heterocycles. The number of nitrogens with one attached hydrogen (secondary N) is 1. The minimum atomic E-state index is 0.693. The van der Waals surface area contributed by atoms with Crippen molar-refractivity contribution in [3.8, 4) is 0 Å². The Bertz CT molecular complexity index is 341. The molecule has 1 aromatic rings. The van der Waals surface area contributed by atoms with Crippen molar-refractivity contribution >= 4 is 0 Å². The quantitative estimate of drug-likeness (QED) is 0.836. The second kappa shape index (κ2) is 6.90. The Morgan fingerprint density at radius 1 is 1.50 bits per heavy atom. The van der Waals surface area contributed by atoms with Crippen molar-refractivity contribution in [1.82, 2.24) is 20.0 Å². The predicted molar refractivity (Wildman–Crippen MR) is 74.5 cm³/mol. The standard InChI is InChI=1S/C14H26N4/c1-3-8-18-12-13(9-16-18)11-17(4-2)14-6-5-7-15-10-14/h9,12,14-15H,3-8,10-11H2,1-2H3. The molecule has 0 amide bonds. The maximum absolute atomic E-state index is 4.41. The molecule has 2 rings (SSSR count). The van der Waals surface area contributed by atoms with E-state index in [1.807, 2.05) is 6.20 Å². The van der Waals surface area contributed by atoms with Gasteiger partial charge in [0.15, 0.2) is 0 Å². The van der Waals surface area contributed by atoms with Gasteiger partial charge >= 0.3 is 0 Å². The first-order valence-corrected chi connectivity index (χ1v) is 7.29. The van der Waals surface area contributed by atoms with E-state index in [1.165, 1.54) is 24.9 Å². The lowest BCUT2D eigenvalue weighted by atomic mass is 10.1. The van der Waals surface area contributed by atoms with E-state index in [9.17, 15) is 0 Å². The van der Waals surface area contributed by atoms with E-state index in [0.29, 0.717) is 6.04 Å². The second-order valence-corrected chi connectivity index (χ2v) is 5.17. The van der Waals surface area contributed by atoms with E-state index in [-0.39, 0.29) is 0 Å². The van der Waals surface area contributed by atoms with Crippen LogP contribution in [-0.2, 0) is 13.1 Å². The normalized spacial score (nSPS) is 20.5. The molecule has 0 saturated carbocycles. The van der Waals surface area contributed by atoms with Gasteiger partial charge in [0.2, 0.25) is 0 Å². The lowest BCUT2D eigenvalue weighted by molar-refractivity contribution is 0.166. The summed E-state index contributed by atoms with van der Waals surface area (Å²) in [6, 6.07) is 0.693. The first-order valence-electron chi connectivity index (χ1n) is 7.29. The van der Waals surface area contributed by atoms with Gasteiger partial charge in [-0.1, -0.05) is 13.8 Å². The van der Waals surface area contributed by atoms with Crippen LogP contribution in [0.1, 0.15) is 38.7 Å². The van der Waals surface area contributed by atoms with Gasteiger partial charge in [-0.2, -0.15) is 5.10 Å². The minimum absolute atomic E-state index is 0.693. The Morgan fingerprint density at radius 2 is 2.39 bits per heavy atom. The van der Waals surface area contributed by atoms with Gasteiger partial charge in [0.1, 0.15) is 0 Å². The topological polar surface area (TPSA) is 33.1 Å². The van der Waals surface area contributed by atoms with Gasteiger partial charge in [-0.25, -0.2) is 0 Å². The van der Waals surface area contributed by atoms with E-state index in [0.717, 1.165) is 32.6 Å². The monoisotopic (exact) mass is 250 g/mol. The Kier molecular flexibility index (Phi) is 5.20. The highest BCUT2D eigenvalue weighted by Gasteiger charge is 2.19. The summed E-state index contributed by atoms with van der Waals surface area (Å²) in [5.41, 5.74) is 1.34. The molecule has 4 nitrogen and oxygen atoms in total. The van der Waals surface area contributed by atoms with Crippen LogP contribution in [-0.4, -0.2) is 40.4 Å². The van der Waals surface area contributed by atoms with Crippen molar-refractivity contribution in [2.75, 3.05) is 19.6 Å². The summed E-state index contributed by atoms with van der Waals surface area (Å²) in [4.78, 5) is 2.57. The molecular formula is C14H26N4. The van der Waals surface area contributed by atoms with Gasteiger partial charge in [0.25, 0.3) is 0 Å². The van der Waals surface area contributed by atoms with Gasteiger partial charge in [0, 0.05) is 37.4 Å². The summed E-state index contributed by atoms with van der Waals surface area (Å²) in [5, 5.41) is 7.91. The first kappa shape index (κ1) is 13.6. The molecule has 0 aromatic carbocycles. The molecule has 0 radical (unpaired) electrons. The van der Waals surface area contributed by atoms with Crippen LogP contribution in [0.4, 0.5) is 0 Å². The van der Waals surface area contributed by atoms with Crippen molar-refractivity contribution in [1.29, 1.82) is 0 Å². The average molecular weight is 250 g/mol. The third-order valence-electron chi connectivity index (χ3n) is 3.72. The third-order valence-corrected chi connectivity index (χ3v) is 3.72. The van der Waals surface area contributed by atoms with Crippen LogP contribution < -0.4 is 5.32 Å². The van der Waals surface area contributed by atoms with E-state index < -0.39 is 0 Å². The molecule has 1 N–H and O–H groups in total. The molecule has 1 aromatic heterocycles. The van der Waals surface area contributed by atoms with Crippen LogP contribution in [0.5, 0.6) is 0 Å². The molecule has 18 heavy (non-hydrogen) atoms. The number of aryl methyl sites for hydroxylation is 1. The fourth-order valence-electron chi connectivity index (χ4n) is 2.72. The molecule has 1 aliphatic heterocycles. The van der Waals surface area contributed by atoms with E-state index in [2.05, 4.69) is 40.0 Å². The van der Waals surface area contributed by atoms with E-state index in [1.54, 1.807) is 0 Å². The van der Waals surface area contributed by atoms with Crippen molar-refractivity contribution in [3.63, 3.8) is 0 Å². The Balaban J connectivity index is 1.91. The largest absolute Gasteiger partial charge is 0.315 e. The first-order chi connectivity index (χ1) is 8.83. The number of hydrogen-bond acceptors (Lipinski definition) is 3. The number of hydrogen-bond donors (Lipinski definition) is 1. The van der Waals surface area contributed by atoms with Crippen LogP contribution in [0.2, 0.25) is 0 Å². The summed E-state index contributed by atoms with van der Waals surface area (Å²) in [5.74, 6) is 0. The lowest BCUT2D eigenvalue weighted by Gasteiger charge is -2.33. The highest BCUT2D eigenvalue weighted by Crippen LogP contribution is 2.13. The van der Waals surface area contributed by atoms with Gasteiger partial charge < -0.3 is 5.32 Å². The summed E-state index contributed by atoms with van der Waals surface area (Å²) in [6.45, 7) is 9.94. The van der Waals surface area contributed by atoms with Crippen LogP contribution in [0.3, 0.4) is 0 Å². The molecule has 1 fully saturated rings. The predicted octanol–water partition coefficient (Wildman–Crippen LogP) is 1.87. The molecule has 0 bridgehead atoms. The highest BCUT2D eigenvalue weighted by molar-refractivity contribution is 5.04. The smallest absolute Gasteiger partial charge is 0.0534 e. The molecule has 102 valence electrons. The third kappa shape index (κ3) is 3.56. The van der Waals surface area contributed by atoms with E-state index in [4.69, 9.17) is 0 Å². The molecule has 1 atom stereocenters. The maximum atomic E-state index is 4.41. The zero-order valence-electron chi connectivity index (χ0n) is 11.7. The molecule has 0 spiro atoms. The summed E-state index contributed by atoms with van der Waals surface area (Å²) in [7, 11) is 0. The summed E-state index contributed by atoms with van der Waals surface area (Å²) >= 11 is 0. The van der Waals surface area contributed by atoms with Crippen LogP contribution >= 0.6 is 0 Å². The van der Waals surface area contributed by atoms with Crippen LogP contribution in [0.25, 0.3) is 0 Å². The van der Waals surface area contributed by atoms with Gasteiger partial charge in [0.05, 0.1) is 6.20 Å². The molecule has 1 aliphatic rings. The Hall–Kier alpha value is -0.870. The SMILES string of the molecule is CCCn1cc(CN(CC)C2CCCNC2)cn1. The van der Waals surface area contributed by atoms with Crippen molar-refractivity contribution in [2.45, 2.75) is 52.2 Å². The highest BCUT2D eigenvalue weighted by atomic mass is 15.3. The maximum Gasteiger partial charge on any atom is 0.0534 e. The van der Waals surface area contributed by atoms with Crippen molar-refractivity contribution in [2.24, 2.45) is 0 Å². The molecule has 4 heteroatoms. The van der Waals surface area contributed by atoms with Crippen molar-refractivity contribution < 1.29 is 0 Å². The summed E-state index contributed by atoms with van der Waals surface area (Å²) < 4.78 is 2.06. The van der Waals surface area contributed by atoms with Crippen molar-refractivity contribution in [3.05, 3.63) is 18.0 Å². The zero-order valence-corrected chi connectivity index (χ0v) is 11.7. The Morgan fingerprint density at radius 3 is 3.06 bits per heavy atom.